The van der Waals surface area contributed by atoms with Gasteiger partial charge in [-0.3, -0.25) is 0 Å². The van der Waals surface area contributed by atoms with Crippen molar-refractivity contribution in [3.8, 4) is 17.6 Å². The third kappa shape index (κ3) is 3.22. The summed E-state index contributed by atoms with van der Waals surface area (Å²) in [4.78, 5) is 0. The fraction of sp³-hybridized carbons (Fsp3) is 0.0714. The molecular formula is C14H8BrCl2NO. The van der Waals surface area contributed by atoms with Gasteiger partial charge >= 0.3 is 0 Å². The molecule has 0 radical (unpaired) electrons. The third-order valence-corrected chi connectivity index (χ3v) is 3.90. The quantitative estimate of drug-likeness (QED) is 0.675. The van der Waals surface area contributed by atoms with E-state index in [9.17, 15) is 0 Å². The van der Waals surface area contributed by atoms with Crippen LogP contribution in [0.1, 0.15) is 11.1 Å². The van der Waals surface area contributed by atoms with Gasteiger partial charge in [-0.25, -0.2) is 0 Å². The standard InChI is InChI=1S/C14H8BrCl2NO/c15-7-9-4-5-12(10(6-9)8-18)19-13-3-1-2-11(16)14(13)17/h1-6H,7H2. The SMILES string of the molecule is N#Cc1cc(CBr)ccc1Oc1cccc(Cl)c1Cl. The van der Waals surface area contributed by atoms with Crippen molar-refractivity contribution in [1.82, 2.24) is 0 Å². The summed E-state index contributed by atoms with van der Waals surface area (Å²) < 4.78 is 5.66. The van der Waals surface area contributed by atoms with E-state index in [1.807, 2.05) is 6.07 Å². The normalized spacial score (nSPS) is 10.0. The monoisotopic (exact) mass is 355 g/mol. The van der Waals surface area contributed by atoms with Crippen LogP contribution in [0.3, 0.4) is 0 Å². The molecule has 0 aliphatic carbocycles. The first-order valence-electron chi connectivity index (χ1n) is 5.36. The van der Waals surface area contributed by atoms with Gasteiger partial charge in [-0.15, -0.1) is 0 Å². The zero-order valence-corrected chi connectivity index (χ0v) is 12.8. The van der Waals surface area contributed by atoms with Gasteiger partial charge in [0.25, 0.3) is 0 Å². The molecule has 0 bridgehead atoms. The third-order valence-electron chi connectivity index (χ3n) is 2.45. The highest BCUT2D eigenvalue weighted by Crippen LogP contribution is 2.35. The second kappa shape index (κ2) is 6.29. The van der Waals surface area contributed by atoms with Crippen molar-refractivity contribution in [3.05, 3.63) is 57.6 Å². The molecule has 2 rings (SSSR count). The molecule has 0 fully saturated rings. The number of ether oxygens (including phenoxy) is 1. The fourth-order valence-electron chi connectivity index (χ4n) is 1.52. The van der Waals surface area contributed by atoms with Crippen LogP contribution >= 0.6 is 39.1 Å². The lowest BCUT2D eigenvalue weighted by molar-refractivity contribution is 0.481. The minimum atomic E-state index is 0.331. The molecule has 0 unspecified atom stereocenters. The van der Waals surface area contributed by atoms with E-state index in [1.54, 1.807) is 30.3 Å². The number of halogens is 3. The predicted molar refractivity (Wildman–Crippen MR) is 80.3 cm³/mol. The number of nitriles is 1. The molecule has 0 N–H and O–H groups in total. The van der Waals surface area contributed by atoms with Gasteiger partial charge in [0.05, 0.1) is 10.6 Å². The van der Waals surface area contributed by atoms with Gasteiger partial charge in [0.2, 0.25) is 0 Å². The van der Waals surface area contributed by atoms with Crippen LogP contribution in [0.4, 0.5) is 0 Å². The maximum absolute atomic E-state index is 9.14. The molecule has 96 valence electrons. The maximum Gasteiger partial charge on any atom is 0.147 e. The molecule has 0 amide bonds. The predicted octanol–water partition coefficient (Wildman–Crippen LogP) is 5.55. The lowest BCUT2D eigenvalue weighted by Gasteiger charge is -2.10. The summed E-state index contributed by atoms with van der Waals surface area (Å²) in [5, 5.41) is 10.6. The molecule has 0 heterocycles. The highest BCUT2D eigenvalue weighted by Gasteiger charge is 2.10. The van der Waals surface area contributed by atoms with E-state index in [1.165, 1.54) is 0 Å². The number of hydrogen-bond acceptors (Lipinski definition) is 2. The van der Waals surface area contributed by atoms with E-state index in [0.29, 0.717) is 32.4 Å². The lowest BCUT2D eigenvalue weighted by Crippen LogP contribution is -1.91. The minimum absolute atomic E-state index is 0.331. The summed E-state index contributed by atoms with van der Waals surface area (Å²) in [6.07, 6.45) is 0. The zero-order chi connectivity index (χ0) is 13.8. The Bertz CT molecular complexity index is 652. The van der Waals surface area contributed by atoms with Crippen LogP contribution in [0.25, 0.3) is 0 Å². The molecule has 0 aliphatic rings. The highest BCUT2D eigenvalue weighted by molar-refractivity contribution is 9.08. The van der Waals surface area contributed by atoms with Crippen LogP contribution in [-0.2, 0) is 5.33 Å². The van der Waals surface area contributed by atoms with Crippen molar-refractivity contribution in [2.75, 3.05) is 0 Å². The highest BCUT2D eigenvalue weighted by atomic mass is 79.9. The number of benzene rings is 2. The Morgan fingerprint density at radius 1 is 1.16 bits per heavy atom. The van der Waals surface area contributed by atoms with Crippen molar-refractivity contribution in [2.45, 2.75) is 5.33 Å². The van der Waals surface area contributed by atoms with E-state index in [0.717, 1.165) is 5.56 Å². The van der Waals surface area contributed by atoms with Crippen LogP contribution < -0.4 is 4.74 Å². The maximum atomic E-state index is 9.14. The smallest absolute Gasteiger partial charge is 0.147 e. The first-order valence-corrected chi connectivity index (χ1v) is 7.24. The largest absolute Gasteiger partial charge is 0.454 e. The lowest BCUT2D eigenvalue weighted by atomic mass is 10.1. The molecule has 2 nitrogen and oxygen atoms in total. The molecule has 2 aromatic rings. The molecule has 0 saturated carbocycles. The molecule has 0 saturated heterocycles. The Morgan fingerprint density at radius 2 is 1.95 bits per heavy atom. The summed E-state index contributed by atoms with van der Waals surface area (Å²) >= 11 is 15.3. The summed E-state index contributed by atoms with van der Waals surface area (Å²) in [5.41, 5.74) is 1.45. The Morgan fingerprint density at radius 3 is 2.63 bits per heavy atom. The van der Waals surface area contributed by atoms with Crippen LogP contribution in [0.5, 0.6) is 11.5 Å². The van der Waals surface area contributed by atoms with Gasteiger partial charge in [-0.2, -0.15) is 5.26 Å². The van der Waals surface area contributed by atoms with Crippen molar-refractivity contribution in [2.24, 2.45) is 0 Å². The summed E-state index contributed by atoms with van der Waals surface area (Å²) in [6, 6.07) is 12.6. The van der Waals surface area contributed by atoms with E-state index in [4.69, 9.17) is 33.2 Å². The average molecular weight is 357 g/mol. The first-order chi connectivity index (χ1) is 9.15. The Balaban J connectivity index is 2.39. The van der Waals surface area contributed by atoms with Crippen LogP contribution in [0, 0.1) is 11.3 Å². The van der Waals surface area contributed by atoms with Gasteiger partial charge in [0.15, 0.2) is 0 Å². The number of hydrogen-bond donors (Lipinski definition) is 0. The number of rotatable bonds is 3. The van der Waals surface area contributed by atoms with Crippen molar-refractivity contribution in [1.29, 1.82) is 5.26 Å². The molecule has 5 heteroatoms. The summed E-state index contributed by atoms with van der Waals surface area (Å²) in [6.45, 7) is 0. The number of alkyl halides is 1. The van der Waals surface area contributed by atoms with E-state index in [2.05, 4.69) is 22.0 Å². The minimum Gasteiger partial charge on any atom is -0.454 e. The Labute approximate surface area is 129 Å². The van der Waals surface area contributed by atoms with Crippen molar-refractivity contribution >= 4 is 39.1 Å². The first kappa shape index (κ1) is 14.2. The van der Waals surface area contributed by atoms with Gasteiger partial charge in [-0.05, 0) is 29.8 Å². The zero-order valence-electron chi connectivity index (χ0n) is 9.66. The van der Waals surface area contributed by atoms with E-state index < -0.39 is 0 Å². The van der Waals surface area contributed by atoms with Gasteiger partial charge in [-0.1, -0.05) is 51.3 Å². The Kier molecular flexibility index (Phi) is 4.71. The molecule has 0 atom stereocenters. The van der Waals surface area contributed by atoms with E-state index >= 15 is 0 Å². The second-order valence-electron chi connectivity index (χ2n) is 3.73. The molecular weight excluding hydrogens is 349 g/mol. The molecule has 0 aliphatic heterocycles. The van der Waals surface area contributed by atoms with E-state index in [-0.39, 0.29) is 0 Å². The van der Waals surface area contributed by atoms with Gasteiger partial charge < -0.3 is 4.74 Å². The van der Waals surface area contributed by atoms with Crippen molar-refractivity contribution < 1.29 is 4.74 Å². The second-order valence-corrected chi connectivity index (χ2v) is 5.08. The van der Waals surface area contributed by atoms with Crippen LogP contribution in [0.15, 0.2) is 36.4 Å². The summed E-state index contributed by atoms with van der Waals surface area (Å²) in [7, 11) is 0. The van der Waals surface area contributed by atoms with Crippen LogP contribution in [0.2, 0.25) is 10.0 Å². The molecule has 2 aromatic carbocycles. The average Bonchev–Trinajstić information content (AvgIpc) is 2.44. The molecule has 0 aromatic heterocycles. The van der Waals surface area contributed by atoms with Gasteiger partial charge in [0.1, 0.15) is 22.6 Å². The topological polar surface area (TPSA) is 33.0 Å². The number of nitrogens with zero attached hydrogens (tertiary/aromatic N) is 1. The Hall–Kier alpha value is -1.21. The molecule has 19 heavy (non-hydrogen) atoms. The summed E-state index contributed by atoms with van der Waals surface area (Å²) in [5.74, 6) is 0.883. The fourth-order valence-corrected chi connectivity index (χ4v) is 2.20. The van der Waals surface area contributed by atoms with Gasteiger partial charge in [0, 0.05) is 5.33 Å². The van der Waals surface area contributed by atoms with Crippen LogP contribution in [-0.4, -0.2) is 0 Å². The van der Waals surface area contributed by atoms with Crippen molar-refractivity contribution in [3.63, 3.8) is 0 Å². The molecule has 0 spiro atoms.